The Hall–Kier alpha value is -1.47. The molecule has 0 amide bonds. The van der Waals surface area contributed by atoms with E-state index in [9.17, 15) is 9.90 Å². The van der Waals surface area contributed by atoms with E-state index in [4.69, 9.17) is 4.74 Å². The normalized spacial score (nSPS) is 23.6. The van der Waals surface area contributed by atoms with Crippen LogP contribution in [0.2, 0.25) is 0 Å². The van der Waals surface area contributed by atoms with E-state index in [-0.39, 0.29) is 12.6 Å². The molecular weight excluding hydrogens is 260 g/mol. The Morgan fingerprint density at radius 1 is 1.60 bits per heavy atom. The van der Waals surface area contributed by atoms with Gasteiger partial charge in [0.05, 0.1) is 13.2 Å². The number of rotatable bonds is 6. The highest BCUT2D eigenvalue weighted by Crippen LogP contribution is 2.31. The Morgan fingerprint density at radius 2 is 2.35 bits per heavy atom. The highest BCUT2D eigenvalue weighted by molar-refractivity contribution is 5.79. The molecule has 1 N–H and O–H groups in total. The predicted molar refractivity (Wildman–Crippen MR) is 72.3 cm³/mol. The second-order valence-electron chi connectivity index (χ2n) is 5.51. The fourth-order valence-electron chi connectivity index (χ4n) is 2.86. The molecule has 1 fully saturated rings. The Kier molecular flexibility index (Phi) is 4.39. The monoisotopic (exact) mass is 282 g/mol. The predicted octanol–water partition coefficient (Wildman–Crippen LogP) is 0.925. The SMILES string of the molecule is COCC1(C(=O)O)CCCN1Cc1ncnn1C(C)C. The van der Waals surface area contributed by atoms with Crippen LogP contribution in [0.15, 0.2) is 6.33 Å². The summed E-state index contributed by atoms with van der Waals surface area (Å²) < 4.78 is 6.98. The molecule has 2 heterocycles. The quantitative estimate of drug-likeness (QED) is 0.836. The molecule has 1 unspecified atom stereocenters. The minimum absolute atomic E-state index is 0.193. The van der Waals surface area contributed by atoms with Crippen LogP contribution in [0.25, 0.3) is 0 Å². The van der Waals surface area contributed by atoms with Crippen LogP contribution >= 0.6 is 0 Å². The molecule has 112 valence electrons. The van der Waals surface area contributed by atoms with Gasteiger partial charge < -0.3 is 9.84 Å². The summed E-state index contributed by atoms with van der Waals surface area (Å²) in [6.45, 7) is 5.47. The van der Waals surface area contributed by atoms with Gasteiger partial charge in [0.1, 0.15) is 17.7 Å². The molecule has 1 aliphatic heterocycles. The lowest BCUT2D eigenvalue weighted by Crippen LogP contribution is -2.53. The highest BCUT2D eigenvalue weighted by atomic mass is 16.5. The second kappa shape index (κ2) is 5.88. The maximum Gasteiger partial charge on any atom is 0.326 e. The maximum absolute atomic E-state index is 11.7. The van der Waals surface area contributed by atoms with Crippen LogP contribution in [0.4, 0.5) is 0 Å². The molecular formula is C13H22N4O3. The number of hydrogen-bond acceptors (Lipinski definition) is 5. The van der Waals surface area contributed by atoms with E-state index < -0.39 is 11.5 Å². The number of nitrogens with zero attached hydrogens (tertiary/aromatic N) is 4. The van der Waals surface area contributed by atoms with Crippen molar-refractivity contribution in [2.45, 2.75) is 44.8 Å². The number of methoxy groups -OCH3 is 1. The van der Waals surface area contributed by atoms with E-state index in [0.717, 1.165) is 18.8 Å². The molecule has 7 heteroatoms. The van der Waals surface area contributed by atoms with Crippen LogP contribution in [0.3, 0.4) is 0 Å². The van der Waals surface area contributed by atoms with Gasteiger partial charge in [0.25, 0.3) is 0 Å². The summed E-state index contributed by atoms with van der Waals surface area (Å²) in [4.78, 5) is 17.9. The van der Waals surface area contributed by atoms with E-state index in [1.165, 1.54) is 13.4 Å². The number of aromatic nitrogens is 3. The number of aliphatic carboxylic acids is 1. The van der Waals surface area contributed by atoms with Crippen LogP contribution in [0.5, 0.6) is 0 Å². The number of likely N-dealkylation sites (tertiary alicyclic amines) is 1. The molecule has 7 nitrogen and oxygen atoms in total. The summed E-state index contributed by atoms with van der Waals surface area (Å²) in [6, 6.07) is 0.205. The van der Waals surface area contributed by atoms with Gasteiger partial charge in [-0.15, -0.1) is 0 Å². The second-order valence-corrected chi connectivity index (χ2v) is 5.51. The molecule has 1 saturated heterocycles. The van der Waals surface area contributed by atoms with Gasteiger partial charge in [-0.2, -0.15) is 5.10 Å². The first-order valence-electron chi connectivity index (χ1n) is 6.87. The average molecular weight is 282 g/mol. The van der Waals surface area contributed by atoms with E-state index in [1.807, 2.05) is 23.4 Å². The summed E-state index contributed by atoms with van der Waals surface area (Å²) in [5.74, 6) is -0.0314. The summed E-state index contributed by atoms with van der Waals surface area (Å²) in [5, 5.41) is 13.8. The molecule has 0 aromatic carbocycles. The third kappa shape index (κ3) is 2.55. The van der Waals surface area contributed by atoms with E-state index in [0.29, 0.717) is 13.0 Å². The third-order valence-corrected chi connectivity index (χ3v) is 3.87. The molecule has 1 aromatic heterocycles. The molecule has 1 aliphatic rings. The van der Waals surface area contributed by atoms with Crippen molar-refractivity contribution in [2.75, 3.05) is 20.3 Å². The van der Waals surface area contributed by atoms with Crippen LogP contribution in [-0.4, -0.2) is 56.5 Å². The molecule has 0 radical (unpaired) electrons. The Labute approximate surface area is 118 Å². The largest absolute Gasteiger partial charge is 0.480 e. The molecule has 20 heavy (non-hydrogen) atoms. The van der Waals surface area contributed by atoms with E-state index in [2.05, 4.69) is 10.1 Å². The van der Waals surface area contributed by atoms with Gasteiger partial charge in [-0.1, -0.05) is 0 Å². The molecule has 0 aliphatic carbocycles. The fraction of sp³-hybridized carbons (Fsp3) is 0.769. The van der Waals surface area contributed by atoms with Crippen molar-refractivity contribution in [3.63, 3.8) is 0 Å². The van der Waals surface area contributed by atoms with Gasteiger partial charge in [-0.3, -0.25) is 9.69 Å². The number of carboxylic acids is 1. The average Bonchev–Trinajstić information content (AvgIpc) is 2.98. The van der Waals surface area contributed by atoms with Gasteiger partial charge in [0.15, 0.2) is 0 Å². The first kappa shape index (κ1) is 14.9. The van der Waals surface area contributed by atoms with Crippen LogP contribution in [-0.2, 0) is 16.1 Å². The van der Waals surface area contributed by atoms with Crippen LogP contribution in [0, 0.1) is 0 Å². The zero-order chi connectivity index (χ0) is 14.8. The Balaban J connectivity index is 2.22. The van der Waals surface area contributed by atoms with Crippen LogP contribution < -0.4 is 0 Å². The maximum atomic E-state index is 11.7. The smallest absolute Gasteiger partial charge is 0.326 e. The molecule has 0 bridgehead atoms. The van der Waals surface area contributed by atoms with Crippen molar-refractivity contribution in [1.82, 2.24) is 19.7 Å². The first-order valence-corrected chi connectivity index (χ1v) is 6.87. The minimum Gasteiger partial charge on any atom is -0.480 e. The fourth-order valence-corrected chi connectivity index (χ4v) is 2.86. The van der Waals surface area contributed by atoms with Crippen molar-refractivity contribution in [2.24, 2.45) is 0 Å². The van der Waals surface area contributed by atoms with E-state index in [1.54, 1.807) is 0 Å². The summed E-state index contributed by atoms with van der Waals surface area (Å²) in [7, 11) is 1.54. The van der Waals surface area contributed by atoms with Crippen molar-refractivity contribution in [1.29, 1.82) is 0 Å². The highest BCUT2D eigenvalue weighted by Gasteiger charge is 2.48. The molecule has 1 aromatic rings. The lowest BCUT2D eigenvalue weighted by atomic mass is 9.97. The van der Waals surface area contributed by atoms with Gasteiger partial charge in [-0.05, 0) is 33.2 Å². The molecule has 2 rings (SSSR count). The van der Waals surface area contributed by atoms with E-state index >= 15 is 0 Å². The summed E-state index contributed by atoms with van der Waals surface area (Å²) >= 11 is 0. The molecule has 0 spiro atoms. The summed E-state index contributed by atoms with van der Waals surface area (Å²) in [5.41, 5.74) is -0.942. The molecule has 0 saturated carbocycles. The topological polar surface area (TPSA) is 80.5 Å². The van der Waals surface area contributed by atoms with Gasteiger partial charge in [-0.25, -0.2) is 9.67 Å². The molecule has 1 atom stereocenters. The van der Waals surface area contributed by atoms with Crippen molar-refractivity contribution < 1.29 is 14.6 Å². The summed E-state index contributed by atoms with van der Waals surface area (Å²) in [6.07, 6.45) is 2.97. The number of ether oxygens (including phenoxy) is 1. The van der Waals surface area contributed by atoms with Gasteiger partial charge in [0, 0.05) is 13.2 Å². The van der Waals surface area contributed by atoms with Crippen molar-refractivity contribution >= 4 is 5.97 Å². The van der Waals surface area contributed by atoms with Gasteiger partial charge >= 0.3 is 5.97 Å². The Bertz CT molecular complexity index is 474. The zero-order valence-corrected chi connectivity index (χ0v) is 12.2. The van der Waals surface area contributed by atoms with Gasteiger partial charge in [0.2, 0.25) is 0 Å². The minimum atomic E-state index is -0.942. The van der Waals surface area contributed by atoms with Crippen LogP contribution in [0.1, 0.15) is 38.6 Å². The lowest BCUT2D eigenvalue weighted by molar-refractivity contribution is -0.153. The third-order valence-electron chi connectivity index (χ3n) is 3.87. The number of hydrogen-bond donors (Lipinski definition) is 1. The number of carboxylic acid groups (broad SMARTS) is 1. The lowest BCUT2D eigenvalue weighted by Gasteiger charge is -2.33. The zero-order valence-electron chi connectivity index (χ0n) is 12.2. The Morgan fingerprint density at radius 3 is 2.95 bits per heavy atom. The first-order chi connectivity index (χ1) is 9.51. The standard InChI is InChI=1S/C13H22N4O3/c1-10(2)17-11(14-9-15-17)7-16-6-4-5-13(16,8-20-3)12(18)19/h9-10H,4-8H2,1-3H3,(H,18,19). The number of carbonyl (C=O) groups is 1. The van der Waals surface area contributed by atoms with Crippen molar-refractivity contribution in [3.05, 3.63) is 12.2 Å². The van der Waals surface area contributed by atoms with Crippen molar-refractivity contribution in [3.8, 4) is 0 Å².